The fourth-order valence-electron chi connectivity index (χ4n) is 1.28. The summed E-state index contributed by atoms with van der Waals surface area (Å²) in [5.41, 5.74) is 5.93. The van der Waals surface area contributed by atoms with E-state index in [0.29, 0.717) is 6.54 Å². The second kappa shape index (κ2) is 6.66. The molecular weight excluding hydrogens is 248 g/mol. The molecule has 0 saturated heterocycles. The molecule has 5 heteroatoms. The van der Waals surface area contributed by atoms with Gasteiger partial charge in [0.05, 0.1) is 5.75 Å². The summed E-state index contributed by atoms with van der Waals surface area (Å²) in [6.07, 6.45) is 0. The molecule has 0 aliphatic carbocycles. The van der Waals surface area contributed by atoms with Crippen LogP contribution in [-0.4, -0.2) is 29.9 Å². The van der Waals surface area contributed by atoms with Gasteiger partial charge >= 0.3 is 0 Å². The third kappa shape index (κ3) is 4.98. The standard InChI is InChI=1S/C13H20N2O2S/c1-13(2,9-16)8-15-10-5-3-4-6-11(10)18-7-12(14)17/h3-6,15-16H,7-9H2,1-2H3,(H2,14,17). The van der Waals surface area contributed by atoms with Gasteiger partial charge in [-0.2, -0.15) is 0 Å². The molecule has 1 aromatic carbocycles. The van der Waals surface area contributed by atoms with Crippen LogP contribution in [0.4, 0.5) is 5.69 Å². The normalized spacial score (nSPS) is 11.3. The number of rotatable bonds is 7. The molecule has 0 unspecified atom stereocenters. The maximum Gasteiger partial charge on any atom is 0.227 e. The molecule has 1 amide bonds. The Bertz CT molecular complexity index is 408. The molecule has 4 nitrogen and oxygen atoms in total. The number of amides is 1. The zero-order chi connectivity index (χ0) is 13.6. The summed E-state index contributed by atoms with van der Waals surface area (Å²) in [6, 6.07) is 7.76. The maximum atomic E-state index is 10.8. The number of primary amides is 1. The number of carbonyl (C=O) groups is 1. The average molecular weight is 268 g/mol. The van der Waals surface area contributed by atoms with Crippen molar-refractivity contribution in [1.29, 1.82) is 0 Å². The predicted octanol–water partition coefficient (Wildman–Crippen LogP) is 1.69. The Morgan fingerprint density at radius 2 is 2.11 bits per heavy atom. The van der Waals surface area contributed by atoms with E-state index in [0.717, 1.165) is 10.6 Å². The van der Waals surface area contributed by atoms with Crippen molar-refractivity contribution >= 4 is 23.4 Å². The number of hydrogen-bond donors (Lipinski definition) is 3. The molecule has 0 fully saturated rings. The first-order valence-electron chi connectivity index (χ1n) is 5.79. The van der Waals surface area contributed by atoms with E-state index in [1.807, 2.05) is 38.1 Å². The molecule has 0 bridgehead atoms. The molecule has 0 saturated carbocycles. The number of anilines is 1. The summed E-state index contributed by atoms with van der Waals surface area (Å²) in [6.45, 7) is 4.76. The number of aliphatic hydroxyl groups excluding tert-OH is 1. The SMILES string of the molecule is CC(C)(CO)CNc1ccccc1SCC(N)=O. The van der Waals surface area contributed by atoms with Crippen LogP contribution in [0.2, 0.25) is 0 Å². The quantitative estimate of drug-likeness (QED) is 0.658. The summed E-state index contributed by atoms with van der Waals surface area (Å²) >= 11 is 1.41. The molecular formula is C13H20N2O2S. The van der Waals surface area contributed by atoms with Gasteiger partial charge in [-0.25, -0.2) is 0 Å². The molecule has 0 spiro atoms. The first kappa shape index (κ1) is 14.9. The molecule has 4 N–H and O–H groups in total. The molecule has 0 aromatic heterocycles. The molecule has 0 radical (unpaired) electrons. The monoisotopic (exact) mass is 268 g/mol. The summed E-state index contributed by atoms with van der Waals surface area (Å²) < 4.78 is 0. The van der Waals surface area contributed by atoms with Crippen LogP contribution in [0.15, 0.2) is 29.2 Å². The number of hydrogen-bond acceptors (Lipinski definition) is 4. The van der Waals surface area contributed by atoms with Crippen molar-refractivity contribution in [2.75, 3.05) is 24.2 Å². The Kier molecular flexibility index (Phi) is 5.50. The van der Waals surface area contributed by atoms with E-state index in [2.05, 4.69) is 5.32 Å². The van der Waals surface area contributed by atoms with Crippen LogP contribution >= 0.6 is 11.8 Å². The lowest BCUT2D eigenvalue weighted by Gasteiger charge is -2.23. The smallest absolute Gasteiger partial charge is 0.227 e. The second-order valence-electron chi connectivity index (χ2n) is 4.93. The van der Waals surface area contributed by atoms with E-state index in [4.69, 9.17) is 5.73 Å². The van der Waals surface area contributed by atoms with Crippen LogP contribution in [0.3, 0.4) is 0 Å². The van der Waals surface area contributed by atoms with Crippen LogP contribution in [0.25, 0.3) is 0 Å². The van der Waals surface area contributed by atoms with E-state index >= 15 is 0 Å². The highest BCUT2D eigenvalue weighted by Gasteiger charge is 2.16. The lowest BCUT2D eigenvalue weighted by molar-refractivity contribution is -0.115. The summed E-state index contributed by atoms with van der Waals surface area (Å²) in [5.74, 6) is -0.0623. The molecule has 18 heavy (non-hydrogen) atoms. The van der Waals surface area contributed by atoms with Crippen LogP contribution in [0.5, 0.6) is 0 Å². The summed E-state index contributed by atoms with van der Waals surface area (Å²) in [4.78, 5) is 11.8. The number of nitrogens with one attached hydrogen (secondary N) is 1. The minimum atomic E-state index is -0.328. The maximum absolute atomic E-state index is 10.8. The van der Waals surface area contributed by atoms with Gasteiger partial charge in [0.15, 0.2) is 0 Å². The van der Waals surface area contributed by atoms with Crippen molar-refractivity contribution < 1.29 is 9.90 Å². The minimum absolute atomic E-state index is 0.122. The van der Waals surface area contributed by atoms with Gasteiger partial charge in [-0.3, -0.25) is 4.79 Å². The number of aliphatic hydroxyl groups is 1. The predicted molar refractivity (Wildman–Crippen MR) is 75.7 cm³/mol. The van der Waals surface area contributed by atoms with Crippen LogP contribution in [-0.2, 0) is 4.79 Å². The Labute approximate surface area is 112 Å². The third-order valence-electron chi connectivity index (χ3n) is 2.44. The Balaban J connectivity index is 2.67. The summed E-state index contributed by atoms with van der Waals surface area (Å²) in [7, 11) is 0. The van der Waals surface area contributed by atoms with E-state index in [9.17, 15) is 9.90 Å². The highest BCUT2D eigenvalue weighted by atomic mass is 32.2. The zero-order valence-electron chi connectivity index (χ0n) is 10.8. The fraction of sp³-hybridized carbons (Fsp3) is 0.462. The van der Waals surface area contributed by atoms with Gasteiger partial charge in [0, 0.05) is 29.1 Å². The van der Waals surface area contributed by atoms with Crippen LogP contribution in [0, 0.1) is 5.41 Å². The van der Waals surface area contributed by atoms with Crippen molar-refractivity contribution in [3.05, 3.63) is 24.3 Å². The van der Waals surface area contributed by atoms with Crippen molar-refractivity contribution in [3.63, 3.8) is 0 Å². The largest absolute Gasteiger partial charge is 0.396 e. The highest BCUT2D eigenvalue weighted by molar-refractivity contribution is 8.00. The molecule has 0 heterocycles. The molecule has 1 rings (SSSR count). The van der Waals surface area contributed by atoms with Crippen molar-refractivity contribution in [3.8, 4) is 0 Å². The van der Waals surface area contributed by atoms with E-state index < -0.39 is 0 Å². The topological polar surface area (TPSA) is 75.3 Å². The zero-order valence-corrected chi connectivity index (χ0v) is 11.6. The van der Waals surface area contributed by atoms with Crippen molar-refractivity contribution in [2.24, 2.45) is 11.1 Å². The van der Waals surface area contributed by atoms with E-state index in [1.54, 1.807) is 0 Å². The van der Waals surface area contributed by atoms with Crippen LogP contribution < -0.4 is 11.1 Å². The van der Waals surface area contributed by atoms with Gasteiger partial charge in [-0.05, 0) is 12.1 Å². The van der Waals surface area contributed by atoms with Gasteiger partial charge < -0.3 is 16.2 Å². The molecule has 100 valence electrons. The number of thioether (sulfide) groups is 1. The second-order valence-corrected chi connectivity index (χ2v) is 5.94. The number of benzene rings is 1. The highest BCUT2D eigenvalue weighted by Crippen LogP contribution is 2.27. The van der Waals surface area contributed by atoms with E-state index in [-0.39, 0.29) is 23.7 Å². The number of carbonyl (C=O) groups excluding carboxylic acids is 1. The Morgan fingerprint density at radius 3 is 2.72 bits per heavy atom. The first-order chi connectivity index (χ1) is 8.44. The van der Waals surface area contributed by atoms with Crippen molar-refractivity contribution in [1.82, 2.24) is 0 Å². The lowest BCUT2D eigenvalue weighted by Crippen LogP contribution is -2.27. The van der Waals surface area contributed by atoms with Gasteiger partial charge in [0.25, 0.3) is 0 Å². The molecule has 0 aliphatic rings. The van der Waals surface area contributed by atoms with Gasteiger partial charge in [0.2, 0.25) is 5.91 Å². The minimum Gasteiger partial charge on any atom is -0.396 e. The van der Waals surface area contributed by atoms with Crippen molar-refractivity contribution in [2.45, 2.75) is 18.7 Å². The third-order valence-corrected chi connectivity index (χ3v) is 3.54. The molecule has 0 atom stereocenters. The van der Waals surface area contributed by atoms with Gasteiger partial charge in [0.1, 0.15) is 0 Å². The van der Waals surface area contributed by atoms with Gasteiger partial charge in [-0.15, -0.1) is 11.8 Å². The first-order valence-corrected chi connectivity index (χ1v) is 6.78. The average Bonchev–Trinajstić information content (AvgIpc) is 2.35. The summed E-state index contributed by atoms with van der Waals surface area (Å²) in [5, 5.41) is 12.5. The lowest BCUT2D eigenvalue weighted by atomic mass is 9.95. The van der Waals surface area contributed by atoms with Gasteiger partial charge in [-0.1, -0.05) is 26.0 Å². The molecule has 1 aromatic rings. The Hall–Kier alpha value is -1.20. The number of para-hydroxylation sites is 1. The van der Waals surface area contributed by atoms with Crippen LogP contribution in [0.1, 0.15) is 13.8 Å². The number of nitrogens with two attached hydrogens (primary N) is 1. The fourth-order valence-corrected chi connectivity index (χ4v) is 2.05. The van der Waals surface area contributed by atoms with E-state index in [1.165, 1.54) is 11.8 Å². The molecule has 0 aliphatic heterocycles. The Morgan fingerprint density at radius 1 is 1.44 bits per heavy atom.